The Bertz CT molecular complexity index is 790. The van der Waals surface area contributed by atoms with Crippen molar-refractivity contribution < 1.29 is 19.5 Å². The third-order valence-corrected chi connectivity index (χ3v) is 5.65. The summed E-state index contributed by atoms with van der Waals surface area (Å²) in [4.78, 5) is 42.5. The summed E-state index contributed by atoms with van der Waals surface area (Å²) >= 11 is 0. The Morgan fingerprint density at radius 1 is 1.19 bits per heavy atom. The highest BCUT2D eigenvalue weighted by molar-refractivity contribution is 5.82. The van der Waals surface area contributed by atoms with Gasteiger partial charge in [0.25, 0.3) is 0 Å². The Morgan fingerprint density at radius 3 is 2.58 bits per heavy atom. The zero-order valence-corrected chi connectivity index (χ0v) is 17.7. The molecule has 0 bridgehead atoms. The molecule has 0 radical (unpaired) electrons. The summed E-state index contributed by atoms with van der Waals surface area (Å²) in [7, 11) is 0. The van der Waals surface area contributed by atoms with Crippen LogP contribution in [0, 0.1) is 5.92 Å². The first kappa shape index (κ1) is 22.6. The number of carbonyl (C=O) groups is 3. The van der Waals surface area contributed by atoms with Crippen LogP contribution in [0.4, 0.5) is 0 Å². The van der Waals surface area contributed by atoms with Crippen molar-refractivity contribution in [3.05, 3.63) is 35.9 Å². The number of guanidine groups is 1. The topological polar surface area (TPSA) is 123 Å². The molecule has 2 aliphatic heterocycles. The van der Waals surface area contributed by atoms with Crippen molar-refractivity contribution in [3.8, 4) is 0 Å². The average Bonchev–Trinajstić information content (AvgIpc) is 3.30. The maximum absolute atomic E-state index is 12.7. The van der Waals surface area contributed by atoms with Crippen molar-refractivity contribution in [1.29, 1.82) is 0 Å². The van der Waals surface area contributed by atoms with E-state index >= 15 is 0 Å². The van der Waals surface area contributed by atoms with Gasteiger partial charge in [-0.05, 0) is 24.8 Å². The molecule has 0 saturated carbocycles. The fourth-order valence-electron chi connectivity index (χ4n) is 3.91. The summed E-state index contributed by atoms with van der Waals surface area (Å²) in [5, 5.41) is 18.4. The van der Waals surface area contributed by atoms with Crippen molar-refractivity contribution >= 4 is 23.7 Å². The van der Waals surface area contributed by atoms with Gasteiger partial charge in [0, 0.05) is 38.5 Å². The summed E-state index contributed by atoms with van der Waals surface area (Å²) in [5.41, 5.74) is 0.776. The average molecular weight is 430 g/mol. The Balaban J connectivity index is 1.40. The van der Waals surface area contributed by atoms with E-state index in [9.17, 15) is 19.5 Å². The summed E-state index contributed by atoms with van der Waals surface area (Å²) < 4.78 is 0. The molecule has 0 aliphatic carbocycles. The van der Waals surface area contributed by atoms with Gasteiger partial charge in [-0.25, -0.2) is 0 Å². The number of aliphatic imine (C=N–C) groups is 1. The Morgan fingerprint density at radius 2 is 1.94 bits per heavy atom. The van der Waals surface area contributed by atoms with E-state index in [4.69, 9.17) is 0 Å². The molecule has 0 aromatic heterocycles. The lowest BCUT2D eigenvalue weighted by Crippen LogP contribution is -2.44. The van der Waals surface area contributed by atoms with Crippen LogP contribution in [0.3, 0.4) is 0 Å². The van der Waals surface area contributed by atoms with Crippen LogP contribution in [0.25, 0.3) is 0 Å². The van der Waals surface area contributed by atoms with Crippen LogP contribution in [-0.2, 0) is 14.4 Å². The van der Waals surface area contributed by atoms with Crippen molar-refractivity contribution in [2.24, 2.45) is 10.9 Å². The molecule has 1 aromatic rings. The highest BCUT2D eigenvalue weighted by Crippen LogP contribution is 2.22. The number of carboxylic acid groups (broad SMARTS) is 1. The van der Waals surface area contributed by atoms with Gasteiger partial charge in [0.2, 0.25) is 11.8 Å². The normalized spacial score (nSPS) is 17.4. The monoisotopic (exact) mass is 429 g/mol. The number of nitrogens with zero attached hydrogens (tertiary/aromatic N) is 2. The molecule has 1 atom stereocenters. The van der Waals surface area contributed by atoms with E-state index < -0.39 is 12.0 Å². The van der Waals surface area contributed by atoms with Gasteiger partial charge in [0.1, 0.15) is 0 Å². The molecule has 9 heteroatoms. The van der Waals surface area contributed by atoms with Crippen LogP contribution in [0.15, 0.2) is 35.3 Å². The number of hydrogen-bond acceptors (Lipinski definition) is 6. The second kappa shape index (κ2) is 11.3. The molecule has 4 N–H and O–H groups in total. The number of hydrogen-bond donors (Lipinski definition) is 4. The summed E-state index contributed by atoms with van der Waals surface area (Å²) in [6, 6.07) is 8.59. The predicted molar refractivity (Wildman–Crippen MR) is 116 cm³/mol. The first-order valence-corrected chi connectivity index (χ1v) is 10.9. The molecule has 1 aromatic carbocycles. The van der Waals surface area contributed by atoms with Crippen LogP contribution in [0.1, 0.15) is 43.7 Å². The van der Waals surface area contributed by atoms with Crippen molar-refractivity contribution in [2.45, 2.75) is 38.1 Å². The van der Waals surface area contributed by atoms with E-state index in [1.54, 1.807) is 0 Å². The van der Waals surface area contributed by atoms with E-state index in [-0.39, 0.29) is 24.2 Å². The lowest BCUT2D eigenvalue weighted by Gasteiger charge is -2.32. The first-order valence-electron chi connectivity index (χ1n) is 10.9. The van der Waals surface area contributed by atoms with E-state index in [0.717, 1.165) is 31.0 Å². The molecule has 1 saturated heterocycles. The van der Waals surface area contributed by atoms with Crippen LogP contribution in [0.2, 0.25) is 0 Å². The minimum absolute atomic E-state index is 0.106. The zero-order valence-electron chi connectivity index (χ0n) is 17.7. The number of carboxylic acids is 1. The van der Waals surface area contributed by atoms with Crippen LogP contribution >= 0.6 is 0 Å². The van der Waals surface area contributed by atoms with Crippen LogP contribution in [-0.4, -0.2) is 66.5 Å². The molecular formula is C22H31N5O4. The van der Waals surface area contributed by atoms with E-state index in [0.29, 0.717) is 38.9 Å². The highest BCUT2D eigenvalue weighted by Gasteiger charge is 2.29. The Labute approximate surface area is 182 Å². The van der Waals surface area contributed by atoms with E-state index in [1.807, 2.05) is 35.2 Å². The molecular weight excluding hydrogens is 398 g/mol. The van der Waals surface area contributed by atoms with Gasteiger partial charge in [0.15, 0.2) is 5.96 Å². The van der Waals surface area contributed by atoms with E-state index in [2.05, 4.69) is 20.9 Å². The third kappa shape index (κ3) is 6.97. The number of rotatable bonds is 9. The number of nitrogens with one attached hydrogen (secondary N) is 3. The standard InChI is InChI=1S/C22H31N5O4/c28-19(7-4-10-23-22-24-11-12-25-22)27-13-8-17(9-14-27)21(31)26-18(15-20(29)30)16-5-2-1-3-6-16/h1-3,5-6,17-18H,4,7-15H2,(H,26,31)(H,29,30)(H2,23,24,25). The van der Waals surface area contributed by atoms with Gasteiger partial charge >= 0.3 is 5.97 Å². The molecule has 2 heterocycles. The fourth-order valence-corrected chi connectivity index (χ4v) is 3.91. The maximum Gasteiger partial charge on any atom is 0.305 e. The SMILES string of the molecule is O=C(O)CC(NC(=O)C1CCN(C(=O)CCCNC2=NCCN2)CC1)c1ccccc1. The smallest absolute Gasteiger partial charge is 0.305 e. The highest BCUT2D eigenvalue weighted by atomic mass is 16.4. The maximum atomic E-state index is 12.7. The van der Waals surface area contributed by atoms with E-state index in [1.165, 1.54) is 0 Å². The minimum atomic E-state index is -0.958. The van der Waals surface area contributed by atoms with Gasteiger partial charge in [0.05, 0.1) is 19.0 Å². The second-order valence-corrected chi connectivity index (χ2v) is 7.91. The third-order valence-electron chi connectivity index (χ3n) is 5.65. The second-order valence-electron chi connectivity index (χ2n) is 7.91. The largest absolute Gasteiger partial charge is 0.481 e. The molecule has 2 amide bonds. The van der Waals surface area contributed by atoms with Crippen LogP contribution in [0.5, 0.6) is 0 Å². The lowest BCUT2D eigenvalue weighted by atomic mass is 9.94. The van der Waals surface area contributed by atoms with Gasteiger partial charge < -0.3 is 26.0 Å². The van der Waals surface area contributed by atoms with Gasteiger partial charge in [-0.15, -0.1) is 0 Å². The molecule has 3 rings (SSSR count). The lowest BCUT2D eigenvalue weighted by molar-refractivity contribution is -0.139. The number of piperidine rings is 1. The first-order chi connectivity index (χ1) is 15.0. The molecule has 31 heavy (non-hydrogen) atoms. The number of carbonyl (C=O) groups excluding carboxylic acids is 2. The number of likely N-dealkylation sites (tertiary alicyclic amines) is 1. The molecule has 9 nitrogen and oxygen atoms in total. The molecule has 168 valence electrons. The fraction of sp³-hybridized carbons (Fsp3) is 0.545. The number of amides is 2. The molecule has 1 unspecified atom stereocenters. The van der Waals surface area contributed by atoms with Gasteiger partial charge in [-0.1, -0.05) is 30.3 Å². The summed E-state index contributed by atoms with van der Waals surface area (Å²) in [5.74, 6) is -0.403. The van der Waals surface area contributed by atoms with Crippen molar-refractivity contribution in [3.63, 3.8) is 0 Å². The predicted octanol–water partition coefficient (Wildman–Crippen LogP) is 0.886. The van der Waals surface area contributed by atoms with Crippen molar-refractivity contribution in [2.75, 3.05) is 32.7 Å². The van der Waals surface area contributed by atoms with Gasteiger partial charge in [-0.3, -0.25) is 19.4 Å². The summed E-state index contributed by atoms with van der Waals surface area (Å²) in [6.07, 6.45) is 2.21. The molecule has 1 fully saturated rings. The quantitative estimate of drug-likeness (QED) is 0.432. The molecule has 0 spiro atoms. The minimum Gasteiger partial charge on any atom is -0.481 e. The molecule has 2 aliphatic rings. The zero-order chi connectivity index (χ0) is 22.1. The summed E-state index contributed by atoms with van der Waals surface area (Å²) in [6.45, 7) is 3.43. The number of aliphatic carboxylic acids is 1. The number of benzene rings is 1. The van der Waals surface area contributed by atoms with Crippen molar-refractivity contribution in [1.82, 2.24) is 20.9 Å². The Kier molecular flexibility index (Phi) is 8.26. The Hall–Kier alpha value is -3.10. The van der Waals surface area contributed by atoms with Gasteiger partial charge in [-0.2, -0.15) is 0 Å². The van der Waals surface area contributed by atoms with Crippen LogP contribution < -0.4 is 16.0 Å².